The van der Waals surface area contributed by atoms with Crippen molar-refractivity contribution < 1.29 is 29.7 Å². The Morgan fingerprint density at radius 1 is 1.19 bits per heavy atom. The van der Waals surface area contributed by atoms with Crippen LogP contribution in [0.5, 0.6) is 0 Å². The van der Waals surface area contributed by atoms with Crippen molar-refractivity contribution in [1.82, 2.24) is 25.8 Å². The summed E-state index contributed by atoms with van der Waals surface area (Å²) in [4.78, 5) is 38.3. The van der Waals surface area contributed by atoms with Gasteiger partial charge in [0.05, 0.1) is 30.7 Å². The quantitative estimate of drug-likeness (QED) is 0.223. The minimum atomic E-state index is -1.56. The van der Waals surface area contributed by atoms with Crippen LogP contribution in [0.25, 0.3) is 0 Å². The molecule has 1 rings (SSSR count). The fraction of sp³-hybridized carbons (Fsp3) is 0.615. The highest BCUT2D eigenvalue weighted by Gasteiger charge is 2.28. The number of urea groups is 1. The topological polar surface area (TPSA) is 230 Å². The van der Waals surface area contributed by atoms with Crippen LogP contribution in [0.1, 0.15) is 44.0 Å². The van der Waals surface area contributed by atoms with Gasteiger partial charge in [-0.05, 0) is 13.8 Å². The normalized spacial score (nSPS) is 16.8. The summed E-state index contributed by atoms with van der Waals surface area (Å²) < 4.78 is 0. The van der Waals surface area contributed by atoms with E-state index in [0.717, 1.165) is 0 Å². The minimum Gasteiger partial charge on any atom is -0.480 e. The van der Waals surface area contributed by atoms with Gasteiger partial charge in [0.1, 0.15) is 5.82 Å². The van der Waals surface area contributed by atoms with E-state index in [1.165, 1.54) is 13.8 Å². The molecule has 13 nitrogen and oxygen atoms in total. The number of hydrogen-bond donors (Lipinski definition) is 8. The zero-order valence-corrected chi connectivity index (χ0v) is 14.2. The molecule has 13 heteroatoms. The summed E-state index contributed by atoms with van der Waals surface area (Å²) in [6, 6.07) is -4.48. The number of nitrogens with two attached hydrogens (primary N) is 2. The lowest BCUT2D eigenvalue weighted by Gasteiger charge is -2.20. The van der Waals surface area contributed by atoms with E-state index in [0.29, 0.717) is 0 Å². The number of carboxylic acid groups (broad SMARTS) is 1. The first-order chi connectivity index (χ1) is 12.0. The Hall–Kier alpha value is -2.77. The Morgan fingerprint density at radius 3 is 2.27 bits per heavy atom. The molecule has 10 N–H and O–H groups in total. The summed E-state index contributed by atoms with van der Waals surface area (Å²) in [7, 11) is 0. The van der Waals surface area contributed by atoms with Gasteiger partial charge in [0.15, 0.2) is 11.9 Å². The van der Waals surface area contributed by atoms with Crippen LogP contribution in [0.3, 0.4) is 0 Å². The van der Waals surface area contributed by atoms with Crippen molar-refractivity contribution >= 4 is 17.9 Å². The van der Waals surface area contributed by atoms with Crippen molar-refractivity contribution in [2.24, 2.45) is 11.5 Å². The third-order valence-corrected chi connectivity index (χ3v) is 3.41. The number of aromatic amines is 1. The lowest BCUT2D eigenvalue weighted by molar-refractivity contribution is -0.141. The van der Waals surface area contributed by atoms with E-state index in [-0.39, 0.29) is 18.1 Å². The number of H-pyrrole nitrogens is 1. The molecular weight excluding hydrogens is 350 g/mol. The molecule has 0 aliphatic rings. The maximum absolute atomic E-state index is 12.0. The van der Waals surface area contributed by atoms with Crippen molar-refractivity contribution in [3.63, 3.8) is 0 Å². The van der Waals surface area contributed by atoms with Crippen LogP contribution in [0.2, 0.25) is 0 Å². The average Bonchev–Trinajstić information content (AvgIpc) is 2.99. The van der Waals surface area contributed by atoms with E-state index in [2.05, 4.69) is 25.8 Å². The highest BCUT2D eigenvalue weighted by atomic mass is 16.4. The van der Waals surface area contributed by atoms with Crippen molar-refractivity contribution in [3.05, 3.63) is 11.6 Å². The molecule has 0 aromatic carbocycles. The first-order valence-electron chi connectivity index (χ1n) is 7.65. The van der Waals surface area contributed by atoms with Gasteiger partial charge < -0.3 is 37.4 Å². The molecule has 0 saturated heterocycles. The highest BCUT2D eigenvalue weighted by molar-refractivity contribution is 5.83. The number of amides is 3. The number of carboxylic acids is 1. The van der Waals surface area contributed by atoms with Crippen LogP contribution in [-0.4, -0.2) is 66.7 Å². The molecule has 0 saturated carbocycles. The molecule has 146 valence electrons. The maximum atomic E-state index is 12.0. The van der Waals surface area contributed by atoms with Gasteiger partial charge in [-0.15, -0.1) is 0 Å². The van der Waals surface area contributed by atoms with Gasteiger partial charge >= 0.3 is 12.0 Å². The number of aliphatic hydroxyl groups excluding tert-OH is 2. The molecule has 0 aliphatic carbocycles. The fourth-order valence-corrected chi connectivity index (χ4v) is 1.96. The fourth-order valence-electron chi connectivity index (χ4n) is 1.96. The first kappa shape index (κ1) is 21.3. The summed E-state index contributed by atoms with van der Waals surface area (Å²) in [6.07, 6.45) is -2.65. The van der Waals surface area contributed by atoms with Crippen LogP contribution in [-0.2, 0) is 9.59 Å². The molecule has 1 heterocycles. The number of aliphatic carboxylic acids is 1. The van der Waals surface area contributed by atoms with Gasteiger partial charge in [0, 0.05) is 0 Å². The second-order valence-electron chi connectivity index (χ2n) is 5.74. The lowest BCUT2D eigenvalue weighted by Crippen LogP contribution is -2.52. The van der Waals surface area contributed by atoms with Crippen molar-refractivity contribution in [2.75, 3.05) is 0 Å². The van der Waals surface area contributed by atoms with Gasteiger partial charge in [-0.25, -0.2) is 14.6 Å². The van der Waals surface area contributed by atoms with Crippen LogP contribution in [0, 0.1) is 0 Å². The third kappa shape index (κ3) is 5.94. The van der Waals surface area contributed by atoms with Gasteiger partial charge in [-0.2, -0.15) is 5.10 Å². The molecular formula is C13H23N7O6. The van der Waals surface area contributed by atoms with Gasteiger partial charge in [-0.1, -0.05) is 0 Å². The summed E-state index contributed by atoms with van der Waals surface area (Å²) in [5.74, 6) is -2.11. The van der Waals surface area contributed by atoms with Crippen molar-refractivity contribution in [3.8, 4) is 0 Å². The molecule has 26 heavy (non-hydrogen) atoms. The number of aromatic nitrogens is 3. The van der Waals surface area contributed by atoms with Crippen molar-refractivity contribution in [2.45, 2.75) is 50.6 Å². The number of hydrogen-bond acceptors (Lipinski definition) is 8. The summed E-state index contributed by atoms with van der Waals surface area (Å²) >= 11 is 0. The van der Waals surface area contributed by atoms with Gasteiger partial charge in [0.25, 0.3) is 0 Å². The molecule has 1 aromatic heterocycles. The Morgan fingerprint density at radius 2 is 1.81 bits per heavy atom. The highest BCUT2D eigenvalue weighted by Crippen LogP contribution is 2.15. The van der Waals surface area contributed by atoms with E-state index in [4.69, 9.17) is 16.6 Å². The number of aliphatic hydroxyl groups is 2. The van der Waals surface area contributed by atoms with Gasteiger partial charge in [-0.3, -0.25) is 9.89 Å². The Labute approximate surface area is 148 Å². The second kappa shape index (κ2) is 9.07. The molecule has 0 radical (unpaired) electrons. The van der Waals surface area contributed by atoms with Crippen LogP contribution >= 0.6 is 0 Å². The summed E-state index contributed by atoms with van der Waals surface area (Å²) in [6.45, 7) is 2.63. The molecule has 1 aromatic rings. The first-order valence-corrected chi connectivity index (χ1v) is 7.65. The maximum Gasteiger partial charge on any atom is 0.328 e. The smallest absolute Gasteiger partial charge is 0.328 e. The molecule has 0 fully saturated rings. The van der Waals surface area contributed by atoms with Crippen LogP contribution in [0.4, 0.5) is 4.79 Å². The second-order valence-corrected chi connectivity index (χ2v) is 5.74. The zero-order valence-electron chi connectivity index (χ0n) is 14.2. The SMILES string of the molecule is C[C@H](O)[C@H](NC(=O)N[C@@H](CC(N)=O)c1nc([C@@H](N)[C@H](C)O)n[nH]1)C(=O)O. The Kier molecular flexibility index (Phi) is 7.42. The van der Waals surface area contributed by atoms with Gasteiger partial charge in [0.2, 0.25) is 5.91 Å². The van der Waals surface area contributed by atoms with E-state index >= 15 is 0 Å². The molecule has 0 unspecified atom stereocenters. The molecule has 0 aliphatic heterocycles. The molecule has 3 amide bonds. The van der Waals surface area contributed by atoms with Crippen LogP contribution < -0.4 is 22.1 Å². The van der Waals surface area contributed by atoms with E-state index in [1.807, 2.05) is 0 Å². The summed E-state index contributed by atoms with van der Waals surface area (Å²) in [5.41, 5.74) is 10.9. The number of rotatable bonds is 9. The van der Waals surface area contributed by atoms with E-state index in [1.54, 1.807) is 0 Å². The summed E-state index contributed by atoms with van der Waals surface area (Å²) in [5, 5.41) is 38.5. The number of carbonyl (C=O) groups excluding carboxylic acids is 2. The predicted molar refractivity (Wildman–Crippen MR) is 86.3 cm³/mol. The molecule has 5 atom stereocenters. The number of nitrogens with one attached hydrogen (secondary N) is 3. The van der Waals surface area contributed by atoms with Crippen LogP contribution in [0.15, 0.2) is 0 Å². The minimum absolute atomic E-state index is 0.0361. The third-order valence-electron chi connectivity index (χ3n) is 3.41. The lowest BCUT2D eigenvalue weighted by atomic mass is 10.1. The molecule has 0 spiro atoms. The number of carbonyl (C=O) groups is 3. The number of primary amides is 1. The van der Waals surface area contributed by atoms with Crippen molar-refractivity contribution in [1.29, 1.82) is 0 Å². The average molecular weight is 373 g/mol. The largest absolute Gasteiger partial charge is 0.480 e. The molecule has 0 bridgehead atoms. The monoisotopic (exact) mass is 373 g/mol. The zero-order chi connectivity index (χ0) is 20.0. The Balaban J connectivity index is 2.92. The Bertz CT molecular complexity index is 647. The van der Waals surface area contributed by atoms with E-state index in [9.17, 15) is 24.6 Å². The van der Waals surface area contributed by atoms with E-state index < -0.39 is 48.2 Å². The number of nitrogens with zero attached hydrogens (tertiary/aromatic N) is 2. The standard InChI is InChI=1S/C13H23N7O6/c1-4(21)8(15)11-18-10(19-20-11)6(3-7(14)23)16-13(26)17-9(5(2)22)12(24)25/h4-6,8-9,21-22H,3,15H2,1-2H3,(H2,14,23)(H,24,25)(H2,16,17,26)(H,18,19,20)/t4-,5-,6-,8-,9-/m0/s1. The predicted octanol–water partition coefficient (Wildman–Crippen LogP) is -2.76.